The Labute approximate surface area is 447 Å². The molecule has 0 aromatic heterocycles. The SMILES string of the molecule is CCC(C)C1=Cc2c(-c3ccccc3-c3cccc4ccccc34)cccc2[CH]1[Zr]([Cl])([Cl])([c]1cccc2c1[SiH2]c1ccccc1-2)[CH]1C(C(C)CC)=Cc2c(-c3ccccc3-c3cccc4ccccc34)cccc21. The molecule has 2 aliphatic carbocycles. The zero-order chi connectivity index (χ0) is 50.3. The Hall–Kier alpha value is -6.12. The summed E-state index contributed by atoms with van der Waals surface area (Å²) in [6.45, 7) is 9.53. The summed E-state index contributed by atoms with van der Waals surface area (Å²) in [6.07, 6.45) is 7.09. The minimum absolute atomic E-state index is 0.186. The fourth-order valence-corrected chi connectivity index (χ4v) is 41.7. The molecule has 0 amide bonds. The normalized spacial score (nSPS) is 17.2. The molecule has 74 heavy (non-hydrogen) atoms. The van der Waals surface area contributed by atoms with Gasteiger partial charge in [-0.05, 0) is 0 Å². The second-order valence-corrected chi connectivity index (χ2v) is 43.8. The van der Waals surface area contributed by atoms with Gasteiger partial charge in [0.05, 0.1) is 0 Å². The molecule has 4 atom stereocenters. The van der Waals surface area contributed by atoms with E-state index in [0.717, 1.165) is 12.8 Å². The molecule has 0 bridgehead atoms. The van der Waals surface area contributed by atoms with Gasteiger partial charge in [0.2, 0.25) is 0 Å². The number of rotatable bonds is 11. The van der Waals surface area contributed by atoms with Crippen LogP contribution in [0.1, 0.15) is 70.0 Å². The fraction of sp³-hybridized carbons (Fsp3) is 0.143. The van der Waals surface area contributed by atoms with E-state index in [1.807, 2.05) is 0 Å². The van der Waals surface area contributed by atoms with Crippen LogP contribution in [0, 0.1) is 11.8 Å². The molecular formula is C70H59Cl2SiZr. The molecule has 3 aliphatic rings. The molecule has 0 saturated carbocycles. The van der Waals surface area contributed by atoms with Gasteiger partial charge in [-0.1, -0.05) is 0 Å². The summed E-state index contributed by atoms with van der Waals surface area (Å²) >= 11 is -5.92. The summed E-state index contributed by atoms with van der Waals surface area (Å²) in [5.41, 5.74) is 20.4. The molecule has 1 heterocycles. The molecule has 13 rings (SSSR count). The fourth-order valence-electron chi connectivity index (χ4n) is 13.7. The van der Waals surface area contributed by atoms with E-state index in [1.54, 1.807) is 0 Å². The molecule has 0 radical (unpaired) electrons. The first kappa shape index (κ1) is 47.6. The van der Waals surface area contributed by atoms with E-state index in [1.165, 1.54) is 124 Å². The van der Waals surface area contributed by atoms with E-state index in [2.05, 4.69) is 252 Å². The van der Waals surface area contributed by atoms with Crippen LogP contribution in [0.4, 0.5) is 0 Å². The van der Waals surface area contributed by atoms with Crippen molar-refractivity contribution in [2.24, 2.45) is 11.8 Å². The molecule has 0 fully saturated rings. The maximum atomic E-state index is 9.70. The third kappa shape index (κ3) is 7.30. The van der Waals surface area contributed by atoms with E-state index >= 15 is 0 Å². The Balaban J connectivity index is 1.09. The van der Waals surface area contributed by atoms with Crippen molar-refractivity contribution in [3.05, 3.63) is 246 Å². The van der Waals surface area contributed by atoms with Gasteiger partial charge >= 0.3 is 451 Å². The topological polar surface area (TPSA) is 0 Å². The number of hydrogen-bond donors (Lipinski definition) is 0. The maximum absolute atomic E-state index is 9.70. The Morgan fingerprint density at radius 3 is 1.26 bits per heavy atom. The van der Waals surface area contributed by atoms with Crippen LogP contribution in [0.5, 0.6) is 0 Å². The standard InChI is InChI=1S/2C29H25.C12H9Si.2ClH.Zr/c2*1-3-20(2)23-18-22-12-9-17-28(29(22)19-23)27-15-7-6-14-26(27)25-16-8-11-21-10-4-5-13-24(21)25;1-3-7-11-9(5-1)10-6-2-4-8-12(10)13-11;;;/h2*4-20H,3H2,1-2H3;1-7H,13H2;2*1H;/q;;;;;+2/p-2. The number of benzene rings is 10. The Bertz CT molecular complexity index is 3760. The summed E-state index contributed by atoms with van der Waals surface area (Å²) in [5.74, 6) is 0.474. The summed E-state index contributed by atoms with van der Waals surface area (Å²) in [5, 5.41) is 7.93. The molecule has 0 nitrogen and oxygen atoms in total. The average molecular weight is 1090 g/mol. The molecule has 1 aliphatic heterocycles. The summed E-state index contributed by atoms with van der Waals surface area (Å²) in [7, 11) is 18.5. The third-order valence-electron chi connectivity index (χ3n) is 17.6. The summed E-state index contributed by atoms with van der Waals surface area (Å²) in [6, 6.07) is 79.3. The summed E-state index contributed by atoms with van der Waals surface area (Å²) < 4.78 is 0.902. The Kier molecular flexibility index (Phi) is 12.0. The van der Waals surface area contributed by atoms with Crippen LogP contribution >= 0.6 is 17.0 Å². The molecule has 0 saturated heterocycles. The van der Waals surface area contributed by atoms with Crippen molar-refractivity contribution < 1.29 is 16.4 Å². The van der Waals surface area contributed by atoms with Gasteiger partial charge in [-0.3, -0.25) is 0 Å². The van der Waals surface area contributed by atoms with Gasteiger partial charge < -0.3 is 0 Å². The molecule has 4 unspecified atom stereocenters. The number of fused-ring (bicyclic) bond motifs is 7. The molecule has 10 aromatic rings. The first-order valence-electron chi connectivity index (χ1n) is 26.8. The van der Waals surface area contributed by atoms with Crippen molar-refractivity contribution in [3.8, 4) is 55.6 Å². The Morgan fingerprint density at radius 2 is 0.757 bits per heavy atom. The first-order valence-corrected chi connectivity index (χ1v) is 38.6. The summed E-state index contributed by atoms with van der Waals surface area (Å²) in [4.78, 5) is 0. The van der Waals surface area contributed by atoms with Crippen LogP contribution in [-0.2, 0) is 16.4 Å². The average Bonchev–Trinajstić information content (AvgIpc) is 4.18. The first-order chi connectivity index (χ1) is 36.2. The van der Waals surface area contributed by atoms with Gasteiger partial charge in [0.1, 0.15) is 0 Å². The van der Waals surface area contributed by atoms with Crippen molar-refractivity contribution in [1.82, 2.24) is 0 Å². The van der Waals surface area contributed by atoms with E-state index < -0.39 is 25.9 Å². The number of hydrogen-bond acceptors (Lipinski definition) is 0. The van der Waals surface area contributed by atoms with Crippen LogP contribution in [-0.4, -0.2) is 9.52 Å². The predicted molar refractivity (Wildman–Crippen MR) is 321 cm³/mol. The van der Waals surface area contributed by atoms with Crippen molar-refractivity contribution >= 4 is 73.9 Å². The van der Waals surface area contributed by atoms with Crippen LogP contribution in [0.3, 0.4) is 0 Å². The monoisotopic (exact) mass is 1090 g/mol. The van der Waals surface area contributed by atoms with Crippen molar-refractivity contribution in [2.75, 3.05) is 0 Å². The van der Waals surface area contributed by atoms with Gasteiger partial charge in [0.25, 0.3) is 0 Å². The van der Waals surface area contributed by atoms with Crippen molar-refractivity contribution in [3.63, 3.8) is 0 Å². The van der Waals surface area contributed by atoms with Gasteiger partial charge in [0.15, 0.2) is 0 Å². The number of allylic oxidation sites excluding steroid dienone is 2. The second-order valence-electron chi connectivity index (χ2n) is 21.4. The van der Waals surface area contributed by atoms with Crippen LogP contribution in [0.2, 0.25) is 0 Å². The van der Waals surface area contributed by atoms with Crippen LogP contribution in [0.25, 0.3) is 89.3 Å². The van der Waals surface area contributed by atoms with Gasteiger partial charge in [-0.2, -0.15) is 0 Å². The second kappa shape index (κ2) is 18.6. The molecule has 0 N–H and O–H groups in total. The van der Waals surface area contributed by atoms with E-state index in [-0.39, 0.29) is 19.1 Å². The Morgan fingerprint density at radius 1 is 0.392 bits per heavy atom. The quantitative estimate of drug-likeness (QED) is 0.113. The van der Waals surface area contributed by atoms with E-state index in [4.69, 9.17) is 0 Å². The van der Waals surface area contributed by atoms with Gasteiger partial charge in [-0.15, -0.1) is 0 Å². The molecule has 361 valence electrons. The third-order valence-corrected chi connectivity index (χ3v) is 40.2. The van der Waals surface area contributed by atoms with Crippen molar-refractivity contribution in [1.29, 1.82) is 0 Å². The van der Waals surface area contributed by atoms with Gasteiger partial charge in [-0.25, -0.2) is 0 Å². The zero-order valence-electron chi connectivity index (χ0n) is 42.5. The molecule has 4 heteroatoms. The van der Waals surface area contributed by atoms with Gasteiger partial charge in [0, 0.05) is 0 Å². The van der Waals surface area contributed by atoms with Crippen LogP contribution in [0.15, 0.2) is 223 Å². The molecule has 0 spiro atoms. The number of halogens is 2. The molecule has 10 aromatic carbocycles. The zero-order valence-corrected chi connectivity index (χ0v) is 47.9. The van der Waals surface area contributed by atoms with E-state index in [9.17, 15) is 17.0 Å². The van der Waals surface area contributed by atoms with Crippen molar-refractivity contribution in [2.45, 2.75) is 47.8 Å². The predicted octanol–water partition coefficient (Wildman–Crippen LogP) is 17.8. The minimum atomic E-state index is -5.92. The van der Waals surface area contributed by atoms with E-state index in [0.29, 0.717) is 0 Å². The van der Waals surface area contributed by atoms with Crippen LogP contribution < -0.4 is 13.6 Å². The molecular weight excluding hydrogens is 1030 g/mol.